The van der Waals surface area contributed by atoms with Crippen molar-refractivity contribution in [2.24, 2.45) is 0 Å². The summed E-state index contributed by atoms with van der Waals surface area (Å²) in [5.41, 5.74) is 0.819. The zero-order chi connectivity index (χ0) is 12.0. The third kappa shape index (κ3) is 4.26. The number of aromatic nitrogens is 2. The minimum atomic E-state index is -0.513. The van der Waals surface area contributed by atoms with Gasteiger partial charge < -0.3 is 5.32 Å². The number of nitrogens with one attached hydrogen (secondary N) is 2. The van der Waals surface area contributed by atoms with Crippen molar-refractivity contribution in [1.29, 1.82) is 0 Å². The van der Waals surface area contributed by atoms with Gasteiger partial charge in [0.25, 0.3) is 0 Å². The van der Waals surface area contributed by atoms with Gasteiger partial charge in [-0.05, 0) is 19.1 Å². The fourth-order valence-corrected chi connectivity index (χ4v) is 1.44. The zero-order valence-electron chi connectivity index (χ0n) is 8.98. The molecule has 1 heterocycles. The molecule has 0 atom stereocenters. The lowest BCUT2D eigenvalue weighted by Gasteiger charge is -2.02. The normalized spacial score (nSPS) is 9.62. The van der Waals surface area contributed by atoms with Crippen LogP contribution in [-0.2, 0) is 4.79 Å². The Labute approximate surface area is 97.2 Å². The van der Waals surface area contributed by atoms with Crippen molar-refractivity contribution in [1.82, 2.24) is 20.8 Å². The summed E-state index contributed by atoms with van der Waals surface area (Å²) in [5, 5.41) is 12.8. The third-order valence-corrected chi connectivity index (χ3v) is 2.52. The molecule has 2 N–H and O–H groups in total. The van der Waals surface area contributed by atoms with E-state index in [1.807, 2.05) is 13.0 Å². The molecule has 0 unspecified atom stereocenters. The van der Waals surface area contributed by atoms with Crippen molar-refractivity contribution >= 4 is 23.7 Å². The lowest BCUT2D eigenvalue weighted by molar-refractivity contribution is -0.117. The summed E-state index contributed by atoms with van der Waals surface area (Å²) in [6.45, 7) is 1.83. The van der Waals surface area contributed by atoms with E-state index in [-0.39, 0.29) is 11.7 Å². The van der Waals surface area contributed by atoms with Gasteiger partial charge in [-0.3, -0.25) is 10.1 Å². The van der Waals surface area contributed by atoms with Gasteiger partial charge in [-0.15, -0.1) is 5.10 Å². The molecule has 7 heteroatoms. The van der Waals surface area contributed by atoms with Gasteiger partial charge in [0.1, 0.15) is 5.03 Å². The Bertz CT molecular complexity index is 380. The van der Waals surface area contributed by atoms with Gasteiger partial charge in [0.15, 0.2) is 0 Å². The third-order valence-electron chi connectivity index (χ3n) is 1.60. The summed E-state index contributed by atoms with van der Waals surface area (Å²) in [6, 6.07) is 3.08. The molecule has 0 saturated heterocycles. The molecular formula is C9H12N4O2S. The summed E-state index contributed by atoms with van der Waals surface area (Å²) in [5.74, 6) is -0.239. The van der Waals surface area contributed by atoms with Gasteiger partial charge in [-0.1, -0.05) is 11.8 Å². The van der Waals surface area contributed by atoms with E-state index in [4.69, 9.17) is 0 Å². The lowest BCUT2D eigenvalue weighted by Crippen LogP contribution is -2.38. The standard InChI is InChI=1S/C9H12N4O2S/c1-6-3-4-8(13-12-6)16-5-7(14)11-9(15)10-2/h3-4H,5H2,1-2H3,(H2,10,11,14,15). The van der Waals surface area contributed by atoms with Crippen LogP contribution in [0, 0.1) is 6.92 Å². The summed E-state index contributed by atoms with van der Waals surface area (Å²) in [7, 11) is 1.45. The zero-order valence-corrected chi connectivity index (χ0v) is 9.80. The molecule has 86 valence electrons. The van der Waals surface area contributed by atoms with Crippen LogP contribution in [0.15, 0.2) is 17.2 Å². The second-order valence-electron chi connectivity index (χ2n) is 2.93. The fourth-order valence-electron chi connectivity index (χ4n) is 0.828. The summed E-state index contributed by atoms with van der Waals surface area (Å²) < 4.78 is 0. The molecule has 0 aliphatic heterocycles. The molecule has 6 nitrogen and oxygen atoms in total. The molecule has 0 aromatic carbocycles. The highest BCUT2D eigenvalue weighted by Crippen LogP contribution is 2.13. The molecule has 0 aliphatic carbocycles. The molecule has 16 heavy (non-hydrogen) atoms. The average Bonchev–Trinajstić information content (AvgIpc) is 2.28. The lowest BCUT2D eigenvalue weighted by atomic mass is 10.4. The number of carbonyl (C=O) groups is 2. The van der Waals surface area contributed by atoms with Gasteiger partial charge in [-0.25, -0.2) is 4.79 Å². The van der Waals surface area contributed by atoms with E-state index in [2.05, 4.69) is 20.8 Å². The largest absolute Gasteiger partial charge is 0.341 e. The molecular weight excluding hydrogens is 228 g/mol. The van der Waals surface area contributed by atoms with E-state index in [0.29, 0.717) is 5.03 Å². The molecule has 1 aromatic heterocycles. The topological polar surface area (TPSA) is 84.0 Å². The Morgan fingerprint density at radius 1 is 1.38 bits per heavy atom. The van der Waals surface area contributed by atoms with Crippen molar-refractivity contribution in [3.63, 3.8) is 0 Å². The molecule has 3 amide bonds. The van der Waals surface area contributed by atoms with Gasteiger partial charge in [0.2, 0.25) is 5.91 Å². The van der Waals surface area contributed by atoms with Crippen molar-refractivity contribution in [3.8, 4) is 0 Å². The number of hydrogen-bond donors (Lipinski definition) is 2. The van der Waals surface area contributed by atoms with Crippen molar-refractivity contribution in [2.75, 3.05) is 12.8 Å². The van der Waals surface area contributed by atoms with E-state index in [1.165, 1.54) is 18.8 Å². The Morgan fingerprint density at radius 3 is 2.69 bits per heavy atom. The smallest absolute Gasteiger partial charge is 0.321 e. The number of aryl methyl sites for hydroxylation is 1. The van der Waals surface area contributed by atoms with Crippen LogP contribution in [-0.4, -0.2) is 34.9 Å². The molecule has 0 bridgehead atoms. The Kier molecular flexibility index (Phi) is 4.71. The van der Waals surface area contributed by atoms with Crippen LogP contribution in [0.25, 0.3) is 0 Å². The quantitative estimate of drug-likeness (QED) is 0.744. The second-order valence-corrected chi connectivity index (χ2v) is 3.92. The van der Waals surface area contributed by atoms with E-state index >= 15 is 0 Å². The van der Waals surface area contributed by atoms with Crippen LogP contribution in [0.4, 0.5) is 4.79 Å². The molecule has 0 spiro atoms. The van der Waals surface area contributed by atoms with Crippen LogP contribution < -0.4 is 10.6 Å². The highest BCUT2D eigenvalue weighted by atomic mass is 32.2. The number of nitrogens with zero attached hydrogens (tertiary/aromatic N) is 2. The highest BCUT2D eigenvalue weighted by molar-refractivity contribution is 7.99. The molecule has 0 fully saturated rings. The number of hydrogen-bond acceptors (Lipinski definition) is 5. The van der Waals surface area contributed by atoms with E-state index in [9.17, 15) is 9.59 Å². The van der Waals surface area contributed by atoms with E-state index in [0.717, 1.165) is 5.69 Å². The SMILES string of the molecule is CNC(=O)NC(=O)CSc1ccc(C)nn1. The Balaban J connectivity index is 2.37. The maximum Gasteiger partial charge on any atom is 0.321 e. The first-order chi connectivity index (χ1) is 7.61. The monoisotopic (exact) mass is 240 g/mol. The van der Waals surface area contributed by atoms with Crippen LogP contribution in [0.1, 0.15) is 5.69 Å². The number of carbonyl (C=O) groups excluding carboxylic acids is 2. The molecule has 0 saturated carbocycles. The molecule has 0 radical (unpaired) electrons. The predicted octanol–water partition coefficient (Wildman–Crippen LogP) is 0.333. The number of imide groups is 1. The first-order valence-electron chi connectivity index (χ1n) is 4.56. The van der Waals surface area contributed by atoms with Crippen LogP contribution in [0.3, 0.4) is 0 Å². The minimum Gasteiger partial charge on any atom is -0.341 e. The number of urea groups is 1. The van der Waals surface area contributed by atoms with E-state index < -0.39 is 6.03 Å². The van der Waals surface area contributed by atoms with Crippen molar-refractivity contribution in [3.05, 3.63) is 17.8 Å². The molecule has 0 aliphatic rings. The predicted molar refractivity (Wildman–Crippen MR) is 60.1 cm³/mol. The number of rotatable bonds is 3. The maximum atomic E-state index is 11.2. The van der Waals surface area contributed by atoms with Gasteiger partial charge in [0, 0.05) is 7.05 Å². The average molecular weight is 240 g/mol. The van der Waals surface area contributed by atoms with Gasteiger partial charge >= 0.3 is 6.03 Å². The van der Waals surface area contributed by atoms with Crippen LogP contribution in [0.2, 0.25) is 0 Å². The molecule has 1 aromatic rings. The first-order valence-corrected chi connectivity index (χ1v) is 5.55. The van der Waals surface area contributed by atoms with E-state index in [1.54, 1.807) is 6.07 Å². The number of thioether (sulfide) groups is 1. The second kappa shape index (κ2) is 6.06. The highest BCUT2D eigenvalue weighted by Gasteiger charge is 2.06. The summed E-state index contributed by atoms with van der Waals surface area (Å²) >= 11 is 1.22. The minimum absolute atomic E-state index is 0.130. The molecule has 1 rings (SSSR count). The van der Waals surface area contributed by atoms with Gasteiger partial charge in [0.05, 0.1) is 11.4 Å². The summed E-state index contributed by atoms with van der Waals surface area (Å²) in [4.78, 5) is 22.0. The first kappa shape index (κ1) is 12.4. The van der Waals surface area contributed by atoms with Crippen molar-refractivity contribution < 1.29 is 9.59 Å². The Morgan fingerprint density at radius 2 is 2.12 bits per heavy atom. The fraction of sp³-hybridized carbons (Fsp3) is 0.333. The van der Waals surface area contributed by atoms with Crippen LogP contribution in [0.5, 0.6) is 0 Å². The van der Waals surface area contributed by atoms with Crippen LogP contribution >= 0.6 is 11.8 Å². The Hall–Kier alpha value is -1.63. The summed E-state index contributed by atoms with van der Waals surface area (Å²) in [6.07, 6.45) is 0. The van der Waals surface area contributed by atoms with Gasteiger partial charge in [-0.2, -0.15) is 5.10 Å². The maximum absolute atomic E-state index is 11.2. The number of amides is 3. The van der Waals surface area contributed by atoms with Crippen molar-refractivity contribution in [2.45, 2.75) is 11.9 Å².